The summed E-state index contributed by atoms with van der Waals surface area (Å²) < 4.78 is 2.09. The summed E-state index contributed by atoms with van der Waals surface area (Å²) in [5.74, 6) is -0.0831. The van der Waals surface area contributed by atoms with Crippen LogP contribution in [0.3, 0.4) is 0 Å². The van der Waals surface area contributed by atoms with Gasteiger partial charge in [-0.25, -0.2) is 0 Å². The Hall–Kier alpha value is -2.43. The van der Waals surface area contributed by atoms with E-state index in [4.69, 9.17) is 0 Å². The molecule has 24 heavy (non-hydrogen) atoms. The Morgan fingerprint density at radius 2 is 2.21 bits per heavy atom. The molecule has 1 atom stereocenters. The van der Waals surface area contributed by atoms with E-state index in [9.17, 15) is 4.79 Å². The predicted molar refractivity (Wildman–Crippen MR) is 94.3 cm³/mol. The number of carbonyl (C=O) groups is 1. The smallest absolute Gasteiger partial charge is 0.244 e. The molecule has 0 spiro atoms. The quantitative estimate of drug-likeness (QED) is 0.882. The molecule has 1 aliphatic rings. The molecule has 126 valence electrons. The fourth-order valence-corrected chi connectivity index (χ4v) is 3.15. The molecule has 3 rings (SSSR count). The lowest BCUT2D eigenvalue weighted by atomic mass is 9.92. The number of aromatic nitrogens is 3. The summed E-state index contributed by atoms with van der Waals surface area (Å²) in [6.07, 6.45) is 11.7. The van der Waals surface area contributed by atoms with Crippen LogP contribution < -0.4 is 5.32 Å². The van der Waals surface area contributed by atoms with Gasteiger partial charge in [0.15, 0.2) is 0 Å². The lowest BCUT2D eigenvalue weighted by Gasteiger charge is -2.28. The van der Waals surface area contributed by atoms with Crippen molar-refractivity contribution in [3.63, 3.8) is 0 Å². The summed E-state index contributed by atoms with van der Waals surface area (Å²) in [4.78, 5) is 16.3. The van der Waals surface area contributed by atoms with Gasteiger partial charge in [0.05, 0.1) is 17.8 Å². The summed E-state index contributed by atoms with van der Waals surface area (Å²) in [6, 6.07) is 3.81. The van der Waals surface area contributed by atoms with Gasteiger partial charge in [-0.2, -0.15) is 5.10 Å². The first-order valence-corrected chi connectivity index (χ1v) is 8.41. The molecule has 0 bridgehead atoms. The van der Waals surface area contributed by atoms with Crippen LogP contribution in [0.2, 0.25) is 0 Å². The highest BCUT2D eigenvalue weighted by Gasteiger charge is 2.28. The van der Waals surface area contributed by atoms with Gasteiger partial charge in [-0.1, -0.05) is 6.07 Å². The summed E-state index contributed by atoms with van der Waals surface area (Å²) in [5.41, 5.74) is 3.27. The summed E-state index contributed by atoms with van der Waals surface area (Å²) in [7, 11) is 0. The zero-order valence-electron chi connectivity index (χ0n) is 14.5. The first-order valence-electron chi connectivity index (χ1n) is 8.41. The van der Waals surface area contributed by atoms with Crippen molar-refractivity contribution in [3.8, 4) is 0 Å². The third-order valence-corrected chi connectivity index (χ3v) is 4.25. The molecule has 0 radical (unpaired) electrons. The van der Waals surface area contributed by atoms with Crippen molar-refractivity contribution in [2.75, 3.05) is 0 Å². The van der Waals surface area contributed by atoms with Crippen molar-refractivity contribution >= 4 is 12.0 Å². The Bertz CT molecular complexity index is 740. The Balaban J connectivity index is 1.72. The standard InChI is InChI=1S/C19H24N4O/c1-19(2,3)23-17-8-4-7-16(15(17)13-21-23)22-18(24)10-9-14-6-5-11-20-12-14/h5-6,9-13,16H,4,7-8H2,1-3H3,(H,22,24)/b10-9+. The van der Waals surface area contributed by atoms with E-state index in [1.165, 1.54) is 5.69 Å². The number of nitrogens with zero attached hydrogens (tertiary/aromatic N) is 3. The maximum atomic E-state index is 12.3. The normalized spacial score (nSPS) is 17.7. The van der Waals surface area contributed by atoms with Crippen molar-refractivity contribution in [1.29, 1.82) is 0 Å². The number of amides is 1. The number of carbonyl (C=O) groups excluding carboxylic acids is 1. The topological polar surface area (TPSA) is 59.8 Å². The first-order chi connectivity index (χ1) is 11.4. The minimum absolute atomic E-state index is 0.0379. The maximum Gasteiger partial charge on any atom is 0.244 e. The van der Waals surface area contributed by atoms with E-state index in [1.54, 1.807) is 24.5 Å². The van der Waals surface area contributed by atoms with Crippen LogP contribution in [0, 0.1) is 0 Å². The van der Waals surface area contributed by atoms with Gasteiger partial charge < -0.3 is 5.32 Å². The van der Waals surface area contributed by atoms with Crippen LogP contribution >= 0.6 is 0 Å². The Kier molecular flexibility index (Phi) is 4.51. The number of hydrogen-bond donors (Lipinski definition) is 1. The van der Waals surface area contributed by atoms with E-state index in [0.29, 0.717) is 0 Å². The molecular formula is C19H24N4O. The van der Waals surface area contributed by atoms with E-state index < -0.39 is 0 Å². The monoisotopic (exact) mass is 324 g/mol. The van der Waals surface area contributed by atoms with Crippen LogP contribution in [0.5, 0.6) is 0 Å². The zero-order chi connectivity index (χ0) is 17.2. The fraction of sp³-hybridized carbons (Fsp3) is 0.421. The van der Waals surface area contributed by atoms with E-state index in [2.05, 4.69) is 40.9 Å². The molecule has 1 aliphatic carbocycles. The van der Waals surface area contributed by atoms with E-state index in [-0.39, 0.29) is 17.5 Å². The van der Waals surface area contributed by atoms with Crippen LogP contribution in [0.25, 0.3) is 6.08 Å². The molecule has 0 saturated heterocycles. The first kappa shape index (κ1) is 16.4. The summed E-state index contributed by atoms with van der Waals surface area (Å²) in [5, 5.41) is 7.67. The second-order valence-corrected chi connectivity index (χ2v) is 7.20. The van der Waals surface area contributed by atoms with E-state index in [0.717, 1.165) is 30.4 Å². The minimum atomic E-state index is -0.0831. The molecule has 1 unspecified atom stereocenters. The van der Waals surface area contributed by atoms with Crippen LogP contribution in [0.4, 0.5) is 0 Å². The molecule has 2 aromatic heterocycles. The van der Waals surface area contributed by atoms with Crippen molar-refractivity contribution in [2.24, 2.45) is 0 Å². The number of rotatable bonds is 3. The number of hydrogen-bond acceptors (Lipinski definition) is 3. The van der Waals surface area contributed by atoms with Gasteiger partial charge in [0, 0.05) is 29.7 Å². The Labute approximate surface area is 142 Å². The molecule has 1 amide bonds. The highest BCUT2D eigenvalue weighted by Crippen LogP contribution is 2.32. The Morgan fingerprint density at radius 1 is 1.38 bits per heavy atom. The summed E-state index contributed by atoms with van der Waals surface area (Å²) >= 11 is 0. The zero-order valence-corrected chi connectivity index (χ0v) is 14.5. The van der Waals surface area contributed by atoms with E-state index in [1.807, 2.05) is 18.3 Å². The fourth-order valence-electron chi connectivity index (χ4n) is 3.15. The van der Waals surface area contributed by atoms with Gasteiger partial charge >= 0.3 is 0 Å². The number of fused-ring (bicyclic) bond motifs is 1. The van der Waals surface area contributed by atoms with Crippen molar-refractivity contribution in [1.82, 2.24) is 20.1 Å². The average molecular weight is 324 g/mol. The molecule has 1 N–H and O–H groups in total. The van der Waals surface area contributed by atoms with Gasteiger partial charge in [0.25, 0.3) is 0 Å². The Morgan fingerprint density at radius 3 is 2.92 bits per heavy atom. The lowest BCUT2D eigenvalue weighted by molar-refractivity contribution is -0.117. The minimum Gasteiger partial charge on any atom is -0.346 e. The van der Waals surface area contributed by atoms with Gasteiger partial charge in [0.2, 0.25) is 5.91 Å². The molecule has 5 heteroatoms. The van der Waals surface area contributed by atoms with Crippen LogP contribution in [0.1, 0.15) is 56.5 Å². The second kappa shape index (κ2) is 6.59. The summed E-state index contributed by atoms with van der Waals surface area (Å²) in [6.45, 7) is 6.46. The maximum absolute atomic E-state index is 12.3. The van der Waals surface area contributed by atoms with Gasteiger partial charge in [-0.05, 0) is 57.7 Å². The highest BCUT2D eigenvalue weighted by molar-refractivity contribution is 5.91. The van der Waals surface area contributed by atoms with Crippen LogP contribution in [-0.2, 0) is 16.8 Å². The molecule has 0 aromatic carbocycles. The molecule has 0 fully saturated rings. The van der Waals surface area contributed by atoms with Gasteiger partial charge in [-0.15, -0.1) is 0 Å². The predicted octanol–water partition coefficient (Wildman–Crippen LogP) is 3.24. The molecule has 0 aliphatic heterocycles. The van der Waals surface area contributed by atoms with Crippen molar-refractivity contribution < 1.29 is 4.79 Å². The van der Waals surface area contributed by atoms with Crippen molar-refractivity contribution in [3.05, 3.63) is 53.6 Å². The van der Waals surface area contributed by atoms with Crippen LogP contribution in [0.15, 0.2) is 36.8 Å². The molecule has 5 nitrogen and oxygen atoms in total. The third-order valence-electron chi connectivity index (χ3n) is 4.25. The molecule has 2 heterocycles. The highest BCUT2D eigenvalue weighted by atomic mass is 16.1. The lowest BCUT2D eigenvalue weighted by Crippen LogP contribution is -2.31. The van der Waals surface area contributed by atoms with Crippen LogP contribution in [-0.4, -0.2) is 20.7 Å². The van der Waals surface area contributed by atoms with Gasteiger partial charge in [-0.3, -0.25) is 14.5 Å². The SMILES string of the molecule is CC(C)(C)n1ncc2c1CCCC2NC(=O)/C=C/c1cccnc1. The third kappa shape index (κ3) is 3.55. The number of pyridine rings is 1. The van der Waals surface area contributed by atoms with Gasteiger partial charge in [0.1, 0.15) is 0 Å². The number of nitrogens with one attached hydrogen (secondary N) is 1. The molecular weight excluding hydrogens is 300 g/mol. The largest absolute Gasteiger partial charge is 0.346 e. The second-order valence-electron chi connectivity index (χ2n) is 7.20. The van der Waals surface area contributed by atoms with Crippen molar-refractivity contribution in [2.45, 2.75) is 51.6 Å². The molecule has 2 aromatic rings. The van der Waals surface area contributed by atoms with E-state index >= 15 is 0 Å². The molecule has 0 saturated carbocycles. The average Bonchev–Trinajstić information content (AvgIpc) is 2.99.